The summed E-state index contributed by atoms with van der Waals surface area (Å²) in [4.78, 5) is 28.4. The summed E-state index contributed by atoms with van der Waals surface area (Å²) in [5.41, 5.74) is 0.718. The van der Waals surface area contributed by atoms with E-state index in [0.29, 0.717) is 44.3 Å². The van der Waals surface area contributed by atoms with Gasteiger partial charge >= 0.3 is 0 Å². The average molecular weight is 334 g/mol. The van der Waals surface area contributed by atoms with Gasteiger partial charge in [0.2, 0.25) is 11.8 Å². The zero-order valence-electron chi connectivity index (χ0n) is 14.0. The fourth-order valence-electron chi connectivity index (χ4n) is 3.16. The lowest BCUT2D eigenvalue weighted by Crippen LogP contribution is -2.44. The summed E-state index contributed by atoms with van der Waals surface area (Å²) in [6.07, 6.45) is 0.241. The number of rotatable bonds is 4. The van der Waals surface area contributed by atoms with Gasteiger partial charge in [0.25, 0.3) is 0 Å². The minimum atomic E-state index is -0.302. The Morgan fingerprint density at radius 1 is 1.17 bits per heavy atom. The molecule has 130 valence electrons. The van der Waals surface area contributed by atoms with E-state index in [0.717, 1.165) is 5.69 Å². The van der Waals surface area contributed by atoms with Gasteiger partial charge in [-0.05, 0) is 12.1 Å². The van der Waals surface area contributed by atoms with Gasteiger partial charge in [-0.15, -0.1) is 0 Å². The highest BCUT2D eigenvalue weighted by Crippen LogP contribution is 2.34. The minimum absolute atomic E-state index is 0.0367. The van der Waals surface area contributed by atoms with Crippen LogP contribution in [-0.4, -0.2) is 63.8 Å². The Hall–Kier alpha value is -2.28. The molecule has 0 bridgehead atoms. The Bertz CT molecular complexity index is 627. The van der Waals surface area contributed by atoms with Crippen LogP contribution < -0.4 is 14.4 Å². The molecule has 0 aromatic heterocycles. The maximum absolute atomic E-state index is 12.6. The van der Waals surface area contributed by atoms with Gasteiger partial charge in [-0.25, -0.2) is 0 Å². The number of morpholine rings is 1. The Morgan fingerprint density at radius 2 is 1.88 bits per heavy atom. The van der Waals surface area contributed by atoms with Crippen molar-refractivity contribution in [2.24, 2.45) is 5.92 Å². The molecule has 2 fully saturated rings. The average Bonchev–Trinajstić information content (AvgIpc) is 3.03. The van der Waals surface area contributed by atoms with Crippen LogP contribution in [0.15, 0.2) is 18.2 Å². The van der Waals surface area contributed by atoms with Crippen molar-refractivity contribution in [1.82, 2.24) is 4.90 Å². The van der Waals surface area contributed by atoms with Gasteiger partial charge in [-0.1, -0.05) is 0 Å². The molecule has 7 heteroatoms. The summed E-state index contributed by atoms with van der Waals surface area (Å²) in [5.74, 6) is 0.853. The molecule has 24 heavy (non-hydrogen) atoms. The van der Waals surface area contributed by atoms with Crippen molar-refractivity contribution in [2.45, 2.75) is 6.42 Å². The quantitative estimate of drug-likeness (QED) is 0.819. The van der Waals surface area contributed by atoms with E-state index in [1.54, 1.807) is 42.2 Å². The van der Waals surface area contributed by atoms with Gasteiger partial charge in [0.1, 0.15) is 0 Å². The molecule has 0 aliphatic carbocycles. The summed E-state index contributed by atoms with van der Waals surface area (Å²) in [6, 6.07) is 5.33. The van der Waals surface area contributed by atoms with Gasteiger partial charge in [-0.3, -0.25) is 9.59 Å². The monoisotopic (exact) mass is 334 g/mol. The Kier molecular flexibility index (Phi) is 4.89. The topological polar surface area (TPSA) is 68.3 Å². The SMILES string of the molecule is COc1ccc(N2CC(C(=O)N3CCOCC3)CC2=O)cc1OC. The Morgan fingerprint density at radius 3 is 2.54 bits per heavy atom. The fraction of sp³-hybridized carbons (Fsp3) is 0.529. The van der Waals surface area contributed by atoms with E-state index in [1.165, 1.54) is 0 Å². The van der Waals surface area contributed by atoms with Crippen LogP contribution in [0.3, 0.4) is 0 Å². The Balaban J connectivity index is 1.73. The standard InChI is InChI=1S/C17H22N2O5/c1-22-14-4-3-13(10-15(14)23-2)19-11-12(9-16(19)20)17(21)18-5-7-24-8-6-18/h3-4,10,12H,5-9,11H2,1-2H3. The molecule has 0 N–H and O–H groups in total. The van der Waals surface area contributed by atoms with Crippen LogP contribution in [0.4, 0.5) is 5.69 Å². The van der Waals surface area contributed by atoms with Crippen LogP contribution in [-0.2, 0) is 14.3 Å². The summed E-state index contributed by atoms with van der Waals surface area (Å²) in [6.45, 7) is 2.71. The van der Waals surface area contributed by atoms with Crippen molar-refractivity contribution in [3.63, 3.8) is 0 Å². The van der Waals surface area contributed by atoms with Crippen LogP contribution >= 0.6 is 0 Å². The van der Waals surface area contributed by atoms with Crippen molar-refractivity contribution >= 4 is 17.5 Å². The van der Waals surface area contributed by atoms with E-state index in [4.69, 9.17) is 14.2 Å². The highest BCUT2D eigenvalue weighted by atomic mass is 16.5. The Labute approximate surface area is 141 Å². The van der Waals surface area contributed by atoms with Crippen molar-refractivity contribution in [3.8, 4) is 11.5 Å². The highest BCUT2D eigenvalue weighted by molar-refractivity contribution is 6.00. The van der Waals surface area contributed by atoms with E-state index in [1.807, 2.05) is 0 Å². The number of nitrogens with zero attached hydrogens (tertiary/aromatic N) is 2. The molecule has 2 amide bonds. The predicted octanol–water partition coefficient (Wildman–Crippen LogP) is 0.915. The second-order valence-corrected chi connectivity index (χ2v) is 5.88. The number of hydrogen-bond acceptors (Lipinski definition) is 5. The normalized spacial score (nSPS) is 21.1. The molecule has 1 atom stereocenters. The molecule has 0 saturated carbocycles. The first-order valence-corrected chi connectivity index (χ1v) is 8.03. The molecule has 0 radical (unpaired) electrons. The summed E-state index contributed by atoms with van der Waals surface area (Å²) in [5, 5.41) is 0. The van der Waals surface area contributed by atoms with E-state index in [9.17, 15) is 9.59 Å². The fourth-order valence-corrected chi connectivity index (χ4v) is 3.16. The third kappa shape index (κ3) is 3.17. The summed E-state index contributed by atoms with van der Waals surface area (Å²) >= 11 is 0. The number of carbonyl (C=O) groups is 2. The summed E-state index contributed by atoms with van der Waals surface area (Å²) < 4.78 is 15.8. The van der Waals surface area contributed by atoms with Crippen LogP contribution in [0.2, 0.25) is 0 Å². The minimum Gasteiger partial charge on any atom is -0.493 e. The molecular weight excluding hydrogens is 312 g/mol. The maximum Gasteiger partial charge on any atom is 0.228 e. The first-order valence-electron chi connectivity index (χ1n) is 8.03. The van der Waals surface area contributed by atoms with Crippen molar-refractivity contribution in [1.29, 1.82) is 0 Å². The highest BCUT2D eigenvalue weighted by Gasteiger charge is 2.37. The molecule has 2 heterocycles. The van der Waals surface area contributed by atoms with Crippen LogP contribution in [0.1, 0.15) is 6.42 Å². The van der Waals surface area contributed by atoms with E-state index < -0.39 is 0 Å². The first-order chi connectivity index (χ1) is 11.6. The molecule has 2 aliphatic heterocycles. The lowest BCUT2D eigenvalue weighted by Gasteiger charge is -2.29. The molecule has 2 saturated heterocycles. The molecule has 3 rings (SSSR count). The van der Waals surface area contributed by atoms with E-state index in [-0.39, 0.29) is 24.2 Å². The van der Waals surface area contributed by atoms with Crippen molar-refractivity contribution in [2.75, 3.05) is 52.0 Å². The zero-order chi connectivity index (χ0) is 17.1. The molecule has 1 unspecified atom stereocenters. The lowest BCUT2D eigenvalue weighted by atomic mass is 10.1. The maximum atomic E-state index is 12.6. The third-order valence-corrected chi connectivity index (χ3v) is 4.48. The number of benzene rings is 1. The van der Waals surface area contributed by atoms with Crippen LogP contribution in [0, 0.1) is 5.92 Å². The van der Waals surface area contributed by atoms with Crippen molar-refractivity contribution in [3.05, 3.63) is 18.2 Å². The third-order valence-electron chi connectivity index (χ3n) is 4.48. The number of ether oxygens (including phenoxy) is 3. The van der Waals surface area contributed by atoms with Gasteiger partial charge in [0.05, 0.1) is 33.4 Å². The lowest BCUT2D eigenvalue weighted by molar-refractivity contribution is -0.139. The number of carbonyl (C=O) groups excluding carboxylic acids is 2. The largest absolute Gasteiger partial charge is 0.493 e. The zero-order valence-corrected chi connectivity index (χ0v) is 14.0. The number of amides is 2. The van der Waals surface area contributed by atoms with E-state index in [2.05, 4.69) is 0 Å². The van der Waals surface area contributed by atoms with Crippen LogP contribution in [0.25, 0.3) is 0 Å². The van der Waals surface area contributed by atoms with E-state index >= 15 is 0 Å². The second kappa shape index (κ2) is 7.09. The van der Waals surface area contributed by atoms with Gasteiger partial charge in [0, 0.05) is 37.8 Å². The number of methoxy groups -OCH3 is 2. The van der Waals surface area contributed by atoms with Crippen LogP contribution in [0.5, 0.6) is 11.5 Å². The molecule has 1 aromatic rings. The molecule has 7 nitrogen and oxygen atoms in total. The number of hydrogen-bond donors (Lipinski definition) is 0. The van der Waals surface area contributed by atoms with Crippen molar-refractivity contribution < 1.29 is 23.8 Å². The summed E-state index contributed by atoms with van der Waals surface area (Å²) in [7, 11) is 3.12. The molecule has 2 aliphatic rings. The first kappa shape index (κ1) is 16.6. The number of anilines is 1. The molecular formula is C17H22N2O5. The predicted molar refractivity (Wildman–Crippen MR) is 87.4 cm³/mol. The van der Waals surface area contributed by atoms with Gasteiger partial charge < -0.3 is 24.0 Å². The smallest absolute Gasteiger partial charge is 0.228 e. The molecule has 1 aromatic carbocycles. The second-order valence-electron chi connectivity index (χ2n) is 5.88. The van der Waals surface area contributed by atoms with Gasteiger partial charge in [-0.2, -0.15) is 0 Å². The molecule has 0 spiro atoms. The van der Waals surface area contributed by atoms with Gasteiger partial charge in [0.15, 0.2) is 11.5 Å².